The zero-order chi connectivity index (χ0) is 15.4. The number of hydrogen-bond acceptors (Lipinski definition) is 3. The van der Waals surface area contributed by atoms with E-state index in [0.29, 0.717) is 17.2 Å². The van der Waals surface area contributed by atoms with E-state index in [1.165, 1.54) is 62.7 Å². The lowest BCUT2D eigenvalue weighted by atomic mass is 9.52. The third-order valence-electron chi connectivity index (χ3n) is 7.14. The summed E-state index contributed by atoms with van der Waals surface area (Å²) in [6.07, 6.45) is 7.89. The van der Waals surface area contributed by atoms with Gasteiger partial charge in [0.2, 0.25) is 0 Å². The van der Waals surface area contributed by atoms with Crippen LogP contribution in [0.3, 0.4) is 0 Å². The van der Waals surface area contributed by atoms with Crippen LogP contribution >= 0.6 is 0 Å². The number of benzene rings is 1. The molecule has 3 atom stereocenters. The van der Waals surface area contributed by atoms with Crippen LogP contribution in [-0.2, 0) is 16.6 Å². The van der Waals surface area contributed by atoms with Gasteiger partial charge in [0.1, 0.15) is 5.75 Å². The Morgan fingerprint density at radius 2 is 2.13 bits per heavy atom. The van der Waals surface area contributed by atoms with E-state index in [0.717, 1.165) is 25.0 Å². The Hall–Kier alpha value is -1.06. The topological polar surface area (TPSA) is 32.7 Å². The molecular formula is C20H27NO2. The number of likely N-dealkylation sites (tertiary alicyclic amines) is 1. The van der Waals surface area contributed by atoms with Crippen LogP contribution in [0.15, 0.2) is 18.2 Å². The van der Waals surface area contributed by atoms with Gasteiger partial charge in [0.05, 0.1) is 13.2 Å². The van der Waals surface area contributed by atoms with Crippen molar-refractivity contribution in [3.8, 4) is 5.75 Å². The van der Waals surface area contributed by atoms with Gasteiger partial charge in [0.15, 0.2) is 0 Å². The van der Waals surface area contributed by atoms with Gasteiger partial charge in [-0.1, -0.05) is 18.9 Å². The van der Waals surface area contributed by atoms with Crippen LogP contribution in [-0.4, -0.2) is 42.4 Å². The predicted octanol–water partition coefficient (Wildman–Crippen LogP) is 3.10. The summed E-state index contributed by atoms with van der Waals surface area (Å²) >= 11 is 0. The van der Waals surface area contributed by atoms with Gasteiger partial charge in [0.25, 0.3) is 0 Å². The van der Waals surface area contributed by atoms with Crippen molar-refractivity contribution in [2.24, 2.45) is 11.8 Å². The lowest BCUT2D eigenvalue weighted by Gasteiger charge is -2.59. The molecule has 124 valence electrons. The normalized spacial score (nSPS) is 36.9. The second-order valence-corrected chi connectivity index (χ2v) is 8.27. The summed E-state index contributed by atoms with van der Waals surface area (Å²) in [5, 5.41) is 10.1. The Morgan fingerprint density at radius 1 is 1.22 bits per heavy atom. The molecule has 3 fully saturated rings. The highest BCUT2D eigenvalue weighted by molar-refractivity contribution is 5.45. The maximum atomic E-state index is 10.1. The van der Waals surface area contributed by atoms with Crippen LogP contribution in [0.4, 0.5) is 0 Å². The van der Waals surface area contributed by atoms with E-state index < -0.39 is 0 Å². The fraction of sp³-hybridized carbons (Fsp3) is 0.700. The van der Waals surface area contributed by atoms with E-state index in [2.05, 4.69) is 17.0 Å². The molecule has 23 heavy (non-hydrogen) atoms. The molecule has 2 aliphatic carbocycles. The Labute approximate surface area is 138 Å². The Balaban J connectivity index is 1.54. The third-order valence-corrected chi connectivity index (χ3v) is 7.14. The average molecular weight is 313 g/mol. The van der Waals surface area contributed by atoms with Crippen molar-refractivity contribution < 1.29 is 9.84 Å². The van der Waals surface area contributed by atoms with E-state index in [-0.39, 0.29) is 0 Å². The SMILES string of the molecule is Oc1ccc2c(c1)C13CCCC[C@H]1[C@@H](C2)N(CC1COC1)CC3. The molecule has 1 unspecified atom stereocenters. The first-order valence-electron chi connectivity index (χ1n) is 9.40. The Bertz CT molecular complexity index is 612. The molecule has 4 aliphatic rings. The van der Waals surface area contributed by atoms with Crippen LogP contribution < -0.4 is 0 Å². The first kappa shape index (κ1) is 14.3. The van der Waals surface area contributed by atoms with E-state index >= 15 is 0 Å². The molecule has 3 heteroatoms. The van der Waals surface area contributed by atoms with Gasteiger partial charge < -0.3 is 9.84 Å². The molecule has 0 amide bonds. The largest absolute Gasteiger partial charge is 0.508 e. The van der Waals surface area contributed by atoms with Crippen LogP contribution in [0.2, 0.25) is 0 Å². The van der Waals surface area contributed by atoms with Crippen molar-refractivity contribution in [3.63, 3.8) is 0 Å². The number of hydrogen-bond donors (Lipinski definition) is 1. The average Bonchev–Trinajstić information content (AvgIpc) is 2.53. The van der Waals surface area contributed by atoms with Gasteiger partial charge in [-0.25, -0.2) is 0 Å². The molecule has 1 saturated carbocycles. The molecule has 2 saturated heterocycles. The molecule has 2 aliphatic heterocycles. The minimum atomic E-state index is 0.349. The fourth-order valence-corrected chi connectivity index (χ4v) is 6.02. The number of ether oxygens (including phenoxy) is 1. The molecule has 2 bridgehead atoms. The highest BCUT2D eigenvalue weighted by Crippen LogP contribution is 2.56. The summed E-state index contributed by atoms with van der Waals surface area (Å²) in [6, 6.07) is 6.89. The Morgan fingerprint density at radius 3 is 2.96 bits per heavy atom. The van der Waals surface area contributed by atoms with Crippen molar-refractivity contribution in [1.29, 1.82) is 0 Å². The summed E-state index contributed by atoms with van der Waals surface area (Å²) in [5.41, 5.74) is 3.34. The fourth-order valence-electron chi connectivity index (χ4n) is 6.02. The van der Waals surface area contributed by atoms with Gasteiger partial charge in [0, 0.05) is 23.9 Å². The first-order chi connectivity index (χ1) is 11.3. The molecule has 1 N–H and O–H groups in total. The first-order valence-corrected chi connectivity index (χ1v) is 9.40. The molecular weight excluding hydrogens is 286 g/mol. The molecule has 0 radical (unpaired) electrons. The van der Waals surface area contributed by atoms with Crippen LogP contribution in [0.5, 0.6) is 5.75 Å². The van der Waals surface area contributed by atoms with Crippen molar-refractivity contribution in [1.82, 2.24) is 4.90 Å². The highest BCUT2D eigenvalue weighted by Gasteiger charge is 2.54. The van der Waals surface area contributed by atoms with Gasteiger partial charge in [-0.3, -0.25) is 4.90 Å². The molecule has 3 nitrogen and oxygen atoms in total. The summed E-state index contributed by atoms with van der Waals surface area (Å²) < 4.78 is 5.40. The molecule has 5 rings (SSSR count). The van der Waals surface area contributed by atoms with E-state index in [9.17, 15) is 5.11 Å². The number of aromatic hydroxyl groups is 1. The third kappa shape index (κ3) is 2.09. The van der Waals surface area contributed by atoms with Crippen molar-refractivity contribution in [3.05, 3.63) is 29.3 Å². The van der Waals surface area contributed by atoms with Crippen LogP contribution in [0, 0.1) is 11.8 Å². The second kappa shape index (κ2) is 5.22. The molecule has 1 aromatic carbocycles. The summed E-state index contributed by atoms with van der Waals surface area (Å²) in [6.45, 7) is 4.38. The number of rotatable bonds is 2. The molecule has 0 spiro atoms. The number of piperidine rings is 1. The summed E-state index contributed by atoms with van der Waals surface area (Å²) in [4.78, 5) is 2.79. The van der Waals surface area contributed by atoms with E-state index in [4.69, 9.17) is 4.74 Å². The minimum Gasteiger partial charge on any atom is -0.508 e. The Kier molecular flexibility index (Phi) is 3.24. The summed E-state index contributed by atoms with van der Waals surface area (Å²) in [5.74, 6) is 2.00. The number of phenolic OH excluding ortho intramolecular Hbond substituents is 1. The van der Waals surface area contributed by atoms with Gasteiger partial charge in [-0.15, -0.1) is 0 Å². The van der Waals surface area contributed by atoms with Crippen LogP contribution in [0.25, 0.3) is 0 Å². The highest BCUT2D eigenvalue weighted by atomic mass is 16.5. The number of nitrogens with zero attached hydrogens (tertiary/aromatic N) is 1. The number of phenols is 1. The lowest BCUT2D eigenvalue weighted by molar-refractivity contribution is -0.0774. The van der Waals surface area contributed by atoms with Gasteiger partial charge in [-0.05, 0) is 61.4 Å². The standard InChI is InChI=1S/C20H27NO2/c22-16-5-4-15-9-19-17-3-1-2-6-20(17,18(15)10-16)7-8-21(19)11-14-12-23-13-14/h4-5,10,14,17,19,22H,1-3,6-9,11-13H2/t17-,19+,20?/m0/s1. The van der Waals surface area contributed by atoms with Gasteiger partial charge in [-0.2, -0.15) is 0 Å². The van der Waals surface area contributed by atoms with E-state index in [1.807, 2.05) is 6.07 Å². The minimum absolute atomic E-state index is 0.349. The molecule has 0 aromatic heterocycles. The van der Waals surface area contributed by atoms with Crippen molar-refractivity contribution in [2.75, 3.05) is 26.3 Å². The number of fused-ring (bicyclic) bond motifs is 1. The zero-order valence-corrected chi connectivity index (χ0v) is 13.8. The van der Waals surface area contributed by atoms with Gasteiger partial charge >= 0.3 is 0 Å². The maximum Gasteiger partial charge on any atom is 0.115 e. The summed E-state index contributed by atoms with van der Waals surface area (Å²) in [7, 11) is 0. The molecule has 1 aromatic rings. The zero-order valence-electron chi connectivity index (χ0n) is 13.8. The van der Waals surface area contributed by atoms with Crippen molar-refractivity contribution in [2.45, 2.75) is 50.0 Å². The van der Waals surface area contributed by atoms with E-state index in [1.54, 1.807) is 0 Å². The lowest BCUT2D eigenvalue weighted by Crippen LogP contribution is -2.62. The second-order valence-electron chi connectivity index (χ2n) is 8.27. The monoisotopic (exact) mass is 313 g/mol. The van der Waals surface area contributed by atoms with Crippen LogP contribution in [0.1, 0.15) is 43.2 Å². The quantitative estimate of drug-likeness (QED) is 0.911. The maximum absolute atomic E-state index is 10.1. The molecule has 2 heterocycles. The predicted molar refractivity (Wildman–Crippen MR) is 89.7 cm³/mol. The van der Waals surface area contributed by atoms with Crippen molar-refractivity contribution >= 4 is 0 Å². The smallest absolute Gasteiger partial charge is 0.115 e.